The van der Waals surface area contributed by atoms with E-state index in [0.29, 0.717) is 11.3 Å². The minimum absolute atomic E-state index is 0.351. The Kier molecular flexibility index (Phi) is 3.32. The van der Waals surface area contributed by atoms with E-state index in [1.165, 1.54) is 11.3 Å². The Balaban J connectivity index is 2.14. The van der Waals surface area contributed by atoms with Crippen LogP contribution in [0.2, 0.25) is 0 Å². The van der Waals surface area contributed by atoms with Gasteiger partial charge in [0.05, 0.1) is 16.1 Å². The monoisotopic (exact) mass is 284 g/mol. The molecule has 0 fully saturated rings. The molecule has 1 aromatic carbocycles. The minimum Gasteiger partial charge on any atom is -0.290 e. The predicted molar refractivity (Wildman–Crippen MR) is 78.5 cm³/mol. The van der Waals surface area contributed by atoms with E-state index < -0.39 is 0 Å². The number of carbonyl (C=O) groups excluding carboxylic acids is 1. The van der Waals surface area contributed by atoms with Gasteiger partial charge >= 0.3 is 0 Å². The van der Waals surface area contributed by atoms with E-state index in [-0.39, 0.29) is 5.91 Å². The quantitative estimate of drug-likeness (QED) is 0.440. The summed E-state index contributed by atoms with van der Waals surface area (Å²) < 4.78 is 1.68. The number of para-hydroxylation sites is 1. The van der Waals surface area contributed by atoms with Crippen molar-refractivity contribution in [1.82, 2.24) is 15.2 Å². The predicted octanol–water partition coefficient (Wildman–Crippen LogP) is 2.20. The average Bonchev–Trinajstić information content (AvgIpc) is 3.16. The first-order chi connectivity index (χ1) is 9.79. The highest BCUT2D eigenvalue weighted by Crippen LogP contribution is 2.27. The molecule has 0 saturated carbocycles. The molecule has 6 heteroatoms. The molecule has 1 amide bonds. The Morgan fingerprint density at radius 3 is 2.65 bits per heavy atom. The maximum atomic E-state index is 11.9. The van der Waals surface area contributed by atoms with Crippen LogP contribution in [0.3, 0.4) is 0 Å². The van der Waals surface area contributed by atoms with Gasteiger partial charge in [-0.2, -0.15) is 5.10 Å². The summed E-state index contributed by atoms with van der Waals surface area (Å²) in [5.74, 6) is 4.89. The Morgan fingerprint density at radius 2 is 2.00 bits per heavy atom. The Labute approximate surface area is 119 Å². The smallest absolute Gasteiger partial charge is 0.269 e. The van der Waals surface area contributed by atoms with Gasteiger partial charge in [0, 0.05) is 6.20 Å². The number of rotatable bonds is 3. The van der Waals surface area contributed by atoms with Crippen LogP contribution in [0.4, 0.5) is 0 Å². The van der Waals surface area contributed by atoms with Crippen molar-refractivity contribution in [3.63, 3.8) is 0 Å². The van der Waals surface area contributed by atoms with Gasteiger partial charge in [0.15, 0.2) is 0 Å². The van der Waals surface area contributed by atoms with E-state index in [2.05, 4.69) is 10.5 Å². The number of nitrogen functional groups attached to an aromatic ring is 1. The van der Waals surface area contributed by atoms with Crippen molar-refractivity contribution in [1.29, 1.82) is 0 Å². The topological polar surface area (TPSA) is 72.9 Å². The molecule has 0 aliphatic heterocycles. The Hall–Kier alpha value is -2.44. The van der Waals surface area contributed by atoms with Crippen LogP contribution >= 0.6 is 11.3 Å². The van der Waals surface area contributed by atoms with Crippen molar-refractivity contribution in [3.05, 3.63) is 59.6 Å². The SMILES string of the molecule is NNC(=O)c1cn(-c2ccccc2)nc1-c1cccs1. The van der Waals surface area contributed by atoms with Gasteiger partial charge in [-0.05, 0) is 23.6 Å². The van der Waals surface area contributed by atoms with Gasteiger partial charge in [0.2, 0.25) is 0 Å². The van der Waals surface area contributed by atoms with Crippen LogP contribution < -0.4 is 11.3 Å². The lowest BCUT2D eigenvalue weighted by Crippen LogP contribution is -2.30. The van der Waals surface area contributed by atoms with Gasteiger partial charge in [-0.3, -0.25) is 10.2 Å². The first-order valence-electron chi connectivity index (χ1n) is 5.99. The number of aromatic nitrogens is 2. The largest absolute Gasteiger partial charge is 0.290 e. The maximum absolute atomic E-state index is 11.9. The summed E-state index contributed by atoms with van der Waals surface area (Å²) in [6.07, 6.45) is 1.69. The highest BCUT2D eigenvalue weighted by molar-refractivity contribution is 7.13. The molecule has 20 heavy (non-hydrogen) atoms. The molecule has 0 saturated heterocycles. The van der Waals surface area contributed by atoms with Crippen LogP contribution in [0.1, 0.15) is 10.4 Å². The molecule has 0 spiro atoms. The molecular weight excluding hydrogens is 272 g/mol. The normalized spacial score (nSPS) is 10.4. The number of nitrogens with one attached hydrogen (secondary N) is 1. The number of nitrogens with two attached hydrogens (primary N) is 1. The van der Waals surface area contributed by atoms with E-state index >= 15 is 0 Å². The lowest BCUT2D eigenvalue weighted by molar-refractivity contribution is 0.0954. The number of amides is 1. The van der Waals surface area contributed by atoms with Crippen LogP contribution in [0.15, 0.2) is 54.0 Å². The highest BCUT2D eigenvalue weighted by atomic mass is 32.1. The third-order valence-corrected chi connectivity index (χ3v) is 3.74. The van der Waals surface area contributed by atoms with Crippen molar-refractivity contribution in [2.24, 2.45) is 5.84 Å². The number of thiophene rings is 1. The van der Waals surface area contributed by atoms with Crippen molar-refractivity contribution in [3.8, 4) is 16.3 Å². The summed E-state index contributed by atoms with van der Waals surface area (Å²) in [5, 5.41) is 6.45. The van der Waals surface area contributed by atoms with Crippen molar-refractivity contribution in [2.75, 3.05) is 0 Å². The van der Waals surface area contributed by atoms with Crippen LogP contribution in [0, 0.1) is 0 Å². The molecular formula is C14H12N4OS. The van der Waals surface area contributed by atoms with E-state index in [0.717, 1.165) is 10.6 Å². The fourth-order valence-electron chi connectivity index (χ4n) is 1.93. The summed E-state index contributed by atoms with van der Waals surface area (Å²) in [6.45, 7) is 0. The number of hydrazine groups is 1. The van der Waals surface area contributed by atoms with Crippen LogP contribution in [-0.4, -0.2) is 15.7 Å². The summed E-state index contributed by atoms with van der Waals surface area (Å²) in [7, 11) is 0. The second-order valence-electron chi connectivity index (χ2n) is 4.12. The zero-order valence-electron chi connectivity index (χ0n) is 10.5. The lowest BCUT2D eigenvalue weighted by Gasteiger charge is -1.98. The summed E-state index contributed by atoms with van der Waals surface area (Å²) in [4.78, 5) is 12.8. The van der Waals surface area contributed by atoms with E-state index in [9.17, 15) is 4.79 Å². The second-order valence-corrected chi connectivity index (χ2v) is 5.07. The van der Waals surface area contributed by atoms with Gasteiger partial charge in [0.25, 0.3) is 5.91 Å². The lowest BCUT2D eigenvalue weighted by atomic mass is 10.2. The van der Waals surface area contributed by atoms with Crippen LogP contribution in [0.25, 0.3) is 16.3 Å². The van der Waals surface area contributed by atoms with E-state index in [4.69, 9.17) is 5.84 Å². The zero-order valence-corrected chi connectivity index (χ0v) is 11.3. The molecule has 2 heterocycles. The fourth-order valence-corrected chi connectivity index (χ4v) is 2.65. The van der Waals surface area contributed by atoms with Crippen LogP contribution in [0.5, 0.6) is 0 Å². The van der Waals surface area contributed by atoms with Crippen molar-refractivity contribution < 1.29 is 4.79 Å². The molecule has 0 bridgehead atoms. The minimum atomic E-state index is -0.351. The average molecular weight is 284 g/mol. The standard InChI is InChI=1S/C14H12N4OS/c15-16-14(19)11-9-18(10-5-2-1-3-6-10)17-13(11)12-7-4-8-20-12/h1-9H,15H2,(H,16,19). The number of carbonyl (C=O) groups is 1. The summed E-state index contributed by atoms with van der Waals surface area (Å²) in [5.41, 5.74) is 4.14. The van der Waals surface area contributed by atoms with Gasteiger partial charge in [0.1, 0.15) is 5.69 Å². The molecule has 3 N–H and O–H groups in total. The molecule has 0 aliphatic rings. The molecule has 0 aliphatic carbocycles. The number of hydrogen-bond acceptors (Lipinski definition) is 4. The molecule has 0 unspecified atom stereocenters. The second kappa shape index (κ2) is 5.28. The number of hydrogen-bond donors (Lipinski definition) is 2. The van der Waals surface area contributed by atoms with Gasteiger partial charge in [-0.1, -0.05) is 24.3 Å². The number of benzene rings is 1. The maximum Gasteiger partial charge on any atom is 0.269 e. The summed E-state index contributed by atoms with van der Waals surface area (Å²) in [6, 6.07) is 13.5. The molecule has 3 aromatic rings. The molecule has 0 radical (unpaired) electrons. The third kappa shape index (κ3) is 2.22. The van der Waals surface area contributed by atoms with Gasteiger partial charge < -0.3 is 0 Å². The van der Waals surface area contributed by atoms with E-state index in [1.807, 2.05) is 47.8 Å². The third-order valence-electron chi connectivity index (χ3n) is 2.87. The Morgan fingerprint density at radius 1 is 1.20 bits per heavy atom. The number of nitrogens with zero attached hydrogens (tertiary/aromatic N) is 2. The summed E-state index contributed by atoms with van der Waals surface area (Å²) >= 11 is 1.53. The molecule has 0 atom stereocenters. The molecule has 3 rings (SSSR count). The first-order valence-corrected chi connectivity index (χ1v) is 6.87. The first kappa shape index (κ1) is 12.6. The fraction of sp³-hybridized carbons (Fsp3) is 0. The van der Waals surface area contributed by atoms with E-state index in [1.54, 1.807) is 10.9 Å². The molecule has 2 aromatic heterocycles. The zero-order chi connectivity index (χ0) is 13.9. The van der Waals surface area contributed by atoms with Crippen LogP contribution in [-0.2, 0) is 0 Å². The van der Waals surface area contributed by atoms with Gasteiger partial charge in [-0.25, -0.2) is 10.5 Å². The molecule has 5 nitrogen and oxygen atoms in total. The van der Waals surface area contributed by atoms with Crippen molar-refractivity contribution in [2.45, 2.75) is 0 Å². The highest BCUT2D eigenvalue weighted by Gasteiger charge is 2.18. The van der Waals surface area contributed by atoms with Crippen molar-refractivity contribution >= 4 is 17.2 Å². The Bertz CT molecular complexity index is 719. The molecule has 100 valence electrons. The van der Waals surface area contributed by atoms with Gasteiger partial charge in [-0.15, -0.1) is 11.3 Å².